The summed E-state index contributed by atoms with van der Waals surface area (Å²) in [4.78, 5) is 104. The van der Waals surface area contributed by atoms with Gasteiger partial charge in [0.25, 0.3) is 0 Å². The summed E-state index contributed by atoms with van der Waals surface area (Å²) in [5.74, 6) is -6.66. The van der Waals surface area contributed by atoms with Crippen LogP contribution in [-0.4, -0.2) is 103 Å². The van der Waals surface area contributed by atoms with Crippen LogP contribution in [-0.2, 0) is 44.3 Å². The molecule has 1 heterocycles. The van der Waals surface area contributed by atoms with E-state index in [2.05, 4.69) is 25.1 Å². The lowest BCUT2D eigenvalue weighted by Crippen LogP contribution is -2.50. The molecule has 1 aromatic rings. The molecule has 0 saturated heterocycles. The van der Waals surface area contributed by atoms with Gasteiger partial charge in [-0.25, -0.2) is 9.55 Å². The van der Waals surface area contributed by atoms with E-state index in [1.165, 1.54) is 24.3 Å². The number of H-pyrrole nitrogens is 1. The number of nitrogens with two attached hydrogens (primary N) is 1. The van der Waals surface area contributed by atoms with Gasteiger partial charge in [-0.1, -0.05) is 33.6 Å². The second-order valence-corrected chi connectivity index (χ2v) is 13.5. The minimum atomic E-state index is -5.03. The van der Waals surface area contributed by atoms with Crippen LogP contribution in [0.5, 0.6) is 0 Å². The van der Waals surface area contributed by atoms with Crippen molar-refractivity contribution in [3.8, 4) is 0 Å². The highest BCUT2D eigenvalue weighted by Gasteiger charge is 2.35. The Morgan fingerprint density at radius 1 is 1.04 bits per heavy atom. The average Bonchev–Trinajstić information content (AvgIpc) is 3.49. The highest BCUT2D eigenvalue weighted by molar-refractivity contribution is 7.46. The molecule has 0 unspecified atom stereocenters. The third-order valence-corrected chi connectivity index (χ3v) is 8.23. The first-order valence-corrected chi connectivity index (χ1v) is 17.4. The Kier molecular flexibility index (Phi) is 18.4. The van der Waals surface area contributed by atoms with Crippen LogP contribution in [0.1, 0.15) is 78.8 Å². The van der Waals surface area contributed by atoms with E-state index in [1.54, 1.807) is 0 Å². The fourth-order valence-electron chi connectivity index (χ4n) is 5.03. The molecule has 8 N–H and O–H groups in total. The molecule has 272 valence electrons. The molecule has 18 heteroatoms. The SMILES string of the molecule is CCCCCN(CC(=O)N[C@@H](CC(C)C)C(=O)C[C@@H](Cc1cnc[nH]1)C(=O)N[C@@H](CO)C(=O)C[C@H](C(N)=O)[C@@H](C)OP(=O)(O)O)C(C)=O. The number of phosphoric ester groups is 1. The van der Waals surface area contributed by atoms with Crippen molar-refractivity contribution >= 4 is 43.0 Å². The van der Waals surface area contributed by atoms with E-state index in [-0.39, 0.29) is 37.6 Å². The van der Waals surface area contributed by atoms with Crippen LogP contribution in [0, 0.1) is 17.8 Å². The number of carbonyl (C=O) groups is 6. The van der Waals surface area contributed by atoms with Crippen molar-refractivity contribution in [2.24, 2.45) is 23.5 Å². The van der Waals surface area contributed by atoms with Crippen LogP contribution in [0.15, 0.2) is 12.5 Å². The summed E-state index contributed by atoms with van der Waals surface area (Å²) in [5.41, 5.74) is 5.81. The van der Waals surface area contributed by atoms with Gasteiger partial charge in [-0.3, -0.25) is 33.3 Å². The molecule has 0 fully saturated rings. The van der Waals surface area contributed by atoms with Gasteiger partial charge in [-0.2, -0.15) is 0 Å². The van der Waals surface area contributed by atoms with Gasteiger partial charge in [0.15, 0.2) is 11.6 Å². The zero-order chi connectivity index (χ0) is 36.6. The van der Waals surface area contributed by atoms with Gasteiger partial charge in [0, 0.05) is 44.6 Å². The molecular weight excluding hydrogens is 651 g/mol. The number of primary amides is 1. The van der Waals surface area contributed by atoms with Gasteiger partial charge in [-0.15, -0.1) is 0 Å². The number of aromatic nitrogens is 2. The number of aliphatic hydroxyl groups is 1. The van der Waals surface area contributed by atoms with Crippen LogP contribution < -0.4 is 16.4 Å². The third-order valence-electron chi connectivity index (χ3n) is 7.63. The van der Waals surface area contributed by atoms with E-state index >= 15 is 0 Å². The molecular formula is C30H51N6O11P. The quantitative estimate of drug-likeness (QED) is 0.0560. The molecule has 17 nitrogen and oxygen atoms in total. The molecule has 1 aromatic heterocycles. The van der Waals surface area contributed by atoms with Crippen molar-refractivity contribution in [2.75, 3.05) is 19.7 Å². The second-order valence-electron chi connectivity index (χ2n) is 12.3. The maximum atomic E-state index is 13.6. The van der Waals surface area contributed by atoms with E-state index in [4.69, 9.17) is 15.5 Å². The summed E-state index contributed by atoms with van der Waals surface area (Å²) < 4.78 is 15.7. The first-order chi connectivity index (χ1) is 22.4. The maximum absolute atomic E-state index is 13.6. The van der Waals surface area contributed by atoms with E-state index in [1.807, 2.05) is 20.8 Å². The molecule has 5 atom stereocenters. The molecule has 48 heavy (non-hydrogen) atoms. The van der Waals surface area contributed by atoms with Gasteiger partial charge >= 0.3 is 7.82 Å². The van der Waals surface area contributed by atoms with Crippen molar-refractivity contribution in [1.82, 2.24) is 25.5 Å². The number of carbonyl (C=O) groups excluding carboxylic acids is 6. The largest absolute Gasteiger partial charge is 0.469 e. The maximum Gasteiger partial charge on any atom is 0.469 e. The van der Waals surface area contributed by atoms with E-state index in [0.717, 1.165) is 26.2 Å². The monoisotopic (exact) mass is 702 g/mol. The van der Waals surface area contributed by atoms with Crippen LogP contribution in [0.25, 0.3) is 0 Å². The number of rotatable bonds is 24. The molecule has 0 bridgehead atoms. The highest BCUT2D eigenvalue weighted by atomic mass is 31.2. The van der Waals surface area contributed by atoms with Crippen molar-refractivity contribution < 1.29 is 52.7 Å². The number of nitrogens with zero attached hydrogens (tertiary/aromatic N) is 2. The first kappa shape index (κ1) is 42.5. The topological polar surface area (TPSA) is 271 Å². The predicted octanol–water partition coefficient (Wildman–Crippen LogP) is 0.133. The third kappa shape index (κ3) is 16.1. The molecule has 0 aliphatic rings. The van der Waals surface area contributed by atoms with Crippen molar-refractivity contribution in [2.45, 2.75) is 97.8 Å². The lowest BCUT2D eigenvalue weighted by molar-refractivity contribution is -0.137. The number of hydrogen-bond acceptors (Lipinski definition) is 10. The molecule has 0 aliphatic heterocycles. The van der Waals surface area contributed by atoms with Crippen molar-refractivity contribution in [1.29, 1.82) is 0 Å². The number of phosphoric acid groups is 1. The number of hydrogen-bond donors (Lipinski definition) is 7. The fraction of sp³-hybridized carbons (Fsp3) is 0.700. The number of aromatic amines is 1. The Morgan fingerprint density at radius 2 is 1.69 bits per heavy atom. The Bertz CT molecular complexity index is 1270. The smallest absolute Gasteiger partial charge is 0.394 e. The van der Waals surface area contributed by atoms with Gasteiger partial charge in [0.05, 0.1) is 43.5 Å². The summed E-state index contributed by atoms with van der Waals surface area (Å²) in [6.45, 7) is 7.50. The lowest BCUT2D eigenvalue weighted by Gasteiger charge is -2.26. The molecule has 0 radical (unpaired) electrons. The number of amides is 4. The Hall–Kier alpha value is -3.50. The minimum absolute atomic E-state index is 0.0286. The van der Waals surface area contributed by atoms with Crippen LogP contribution in [0.3, 0.4) is 0 Å². The Balaban J connectivity index is 3.15. The summed E-state index contributed by atoms with van der Waals surface area (Å²) >= 11 is 0. The van der Waals surface area contributed by atoms with Crippen LogP contribution in [0.2, 0.25) is 0 Å². The number of imidazole rings is 1. The van der Waals surface area contributed by atoms with Gasteiger partial charge < -0.3 is 41.1 Å². The summed E-state index contributed by atoms with van der Waals surface area (Å²) in [6, 6.07) is -2.54. The Labute approximate surface area is 280 Å². The standard InChI is InChI=1S/C30H51N6O11P/c1-6-7-8-9-36(20(5)38)15-28(41)34-24(10-18(2)3)26(39)12-21(11-22-14-32-17-33-22)30(43)35-25(16-37)27(40)13-23(29(31)42)19(4)47-48(44,45)46/h14,17-19,21,23-25,37H,6-13,15-16H2,1-5H3,(H2,31,42)(H,32,33)(H,34,41)(H,35,43)(H2,44,45,46)/t19-,21-,23+,24+,25+/m1/s1. The normalized spacial score (nSPS) is 14.8. The number of nitrogens with one attached hydrogen (secondary N) is 3. The van der Waals surface area contributed by atoms with E-state index in [0.29, 0.717) is 12.2 Å². The second kappa shape index (κ2) is 20.8. The summed E-state index contributed by atoms with van der Waals surface area (Å²) in [6.07, 6.45) is 3.02. The predicted molar refractivity (Wildman–Crippen MR) is 172 cm³/mol. The number of Topliss-reactive ketones (excluding diaryl/α,β-unsaturated/α-hetero) is 2. The van der Waals surface area contributed by atoms with Crippen molar-refractivity contribution in [3.05, 3.63) is 18.2 Å². The lowest BCUT2D eigenvalue weighted by atomic mass is 9.89. The molecule has 0 saturated carbocycles. The summed E-state index contributed by atoms with van der Waals surface area (Å²) in [7, 11) is -5.03. The average molecular weight is 703 g/mol. The molecule has 0 aliphatic carbocycles. The number of aliphatic hydroxyl groups excluding tert-OH is 1. The minimum Gasteiger partial charge on any atom is -0.394 e. The number of unbranched alkanes of at least 4 members (excludes halogenated alkanes) is 2. The molecule has 4 amide bonds. The summed E-state index contributed by atoms with van der Waals surface area (Å²) in [5, 5.41) is 15.1. The number of ketones is 2. The first-order valence-electron chi connectivity index (χ1n) is 15.9. The van der Waals surface area contributed by atoms with Crippen LogP contribution in [0.4, 0.5) is 0 Å². The zero-order valence-electron chi connectivity index (χ0n) is 28.2. The van der Waals surface area contributed by atoms with E-state index < -0.39 is 80.2 Å². The fourth-order valence-corrected chi connectivity index (χ4v) is 5.61. The zero-order valence-corrected chi connectivity index (χ0v) is 29.1. The molecule has 1 rings (SSSR count). The molecule has 0 aromatic carbocycles. The van der Waals surface area contributed by atoms with Gasteiger partial charge in [-0.05, 0) is 25.7 Å². The van der Waals surface area contributed by atoms with Crippen molar-refractivity contribution in [3.63, 3.8) is 0 Å². The molecule has 0 spiro atoms. The van der Waals surface area contributed by atoms with Gasteiger partial charge in [0.2, 0.25) is 23.6 Å². The van der Waals surface area contributed by atoms with E-state index in [9.17, 15) is 38.4 Å². The van der Waals surface area contributed by atoms with Gasteiger partial charge in [0.1, 0.15) is 6.04 Å². The van der Waals surface area contributed by atoms with Crippen LogP contribution >= 0.6 is 7.82 Å². The Morgan fingerprint density at radius 3 is 2.19 bits per heavy atom. The highest BCUT2D eigenvalue weighted by Crippen LogP contribution is 2.39.